The Labute approximate surface area is 133 Å². The molecule has 1 heterocycles. The van der Waals surface area contributed by atoms with Gasteiger partial charge >= 0.3 is 0 Å². The molecule has 0 aromatic carbocycles. The zero-order valence-corrected chi connectivity index (χ0v) is 14.6. The second kappa shape index (κ2) is 9.15. The first-order chi connectivity index (χ1) is 10.3. The van der Waals surface area contributed by atoms with E-state index in [0.29, 0.717) is 5.41 Å². The summed E-state index contributed by atoms with van der Waals surface area (Å²) in [5.41, 5.74) is 0.574. The molecule has 2 nitrogen and oxygen atoms in total. The second-order valence-electron chi connectivity index (χ2n) is 7.72. The van der Waals surface area contributed by atoms with Crippen molar-refractivity contribution in [3.8, 4) is 0 Å². The lowest BCUT2D eigenvalue weighted by molar-refractivity contribution is 0.0943. The molecule has 1 saturated heterocycles. The Bertz CT molecular complexity index is 261. The van der Waals surface area contributed by atoms with Crippen molar-refractivity contribution in [1.29, 1.82) is 0 Å². The summed E-state index contributed by atoms with van der Waals surface area (Å²) >= 11 is 0. The Kier molecular flexibility index (Phi) is 7.53. The molecule has 0 aromatic heterocycles. The third-order valence-corrected chi connectivity index (χ3v) is 5.93. The van der Waals surface area contributed by atoms with Gasteiger partial charge in [0.1, 0.15) is 0 Å². The highest BCUT2D eigenvalue weighted by molar-refractivity contribution is 4.88. The van der Waals surface area contributed by atoms with Gasteiger partial charge in [-0.15, -0.1) is 0 Å². The Balaban J connectivity index is 1.88. The maximum absolute atomic E-state index is 3.76. The summed E-state index contributed by atoms with van der Waals surface area (Å²) in [5, 5.41) is 3.76. The van der Waals surface area contributed by atoms with Crippen molar-refractivity contribution >= 4 is 0 Å². The molecule has 2 fully saturated rings. The summed E-state index contributed by atoms with van der Waals surface area (Å²) in [6, 6.07) is 0. The highest BCUT2D eigenvalue weighted by atomic mass is 15.1. The SMILES string of the molecule is CCCNCC1(CN2CCC(CC)CC2)CCCCCC1. The molecule has 0 bridgehead atoms. The van der Waals surface area contributed by atoms with Gasteiger partial charge in [0.05, 0.1) is 0 Å². The van der Waals surface area contributed by atoms with E-state index in [0.717, 1.165) is 5.92 Å². The molecule has 1 saturated carbocycles. The Morgan fingerprint density at radius 1 is 1.00 bits per heavy atom. The van der Waals surface area contributed by atoms with Crippen LogP contribution in [-0.2, 0) is 0 Å². The molecule has 1 aliphatic carbocycles. The third-order valence-electron chi connectivity index (χ3n) is 5.93. The normalized spacial score (nSPS) is 24.9. The van der Waals surface area contributed by atoms with Crippen LogP contribution in [0.1, 0.15) is 78.1 Å². The molecular formula is C19H38N2. The molecule has 1 aliphatic heterocycles. The zero-order chi connectivity index (χ0) is 15.0. The number of likely N-dealkylation sites (tertiary alicyclic amines) is 1. The lowest BCUT2D eigenvalue weighted by Gasteiger charge is -2.41. The first kappa shape index (κ1) is 17.3. The molecule has 2 aliphatic rings. The number of hydrogen-bond donors (Lipinski definition) is 1. The Morgan fingerprint density at radius 3 is 2.24 bits per heavy atom. The molecule has 0 spiro atoms. The standard InChI is InChI=1S/C19H38N2/c1-3-13-20-16-19(11-7-5-6-8-12-19)17-21-14-9-18(4-2)10-15-21/h18,20H,3-17H2,1-2H3. The second-order valence-corrected chi connectivity index (χ2v) is 7.72. The van der Waals surface area contributed by atoms with E-state index in [9.17, 15) is 0 Å². The minimum atomic E-state index is 0.574. The van der Waals surface area contributed by atoms with Crippen molar-refractivity contribution in [3.63, 3.8) is 0 Å². The van der Waals surface area contributed by atoms with Crippen LogP contribution in [-0.4, -0.2) is 37.6 Å². The van der Waals surface area contributed by atoms with Crippen LogP contribution in [0.15, 0.2) is 0 Å². The largest absolute Gasteiger partial charge is 0.316 e. The molecule has 0 amide bonds. The molecular weight excluding hydrogens is 256 g/mol. The number of nitrogens with one attached hydrogen (secondary N) is 1. The predicted molar refractivity (Wildman–Crippen MR) is 92.8 cm³/mol. The third kappa shape index (κ3) is 5.56. The van der Waals surface area contributed by atoms with Gasteiger partial charge in [-0.1, -0.05) is 46.0 Å². The average Bonchev–Trinajstić information content (AvgIpc) is 2.74. The van der Waals surface area contributed by atoms with Gasteiger partial charge < -0.3 is 10.2 Å². The first-order valence-corrected chi connectivity index (χ1v) is 9.71. The summed E-state index contributed by atoms with van der Waals surface area (Å²) in [7, 11) is 0. The summed E-state index contributed by atoms with van der Waals surface area (Å²) in [6.07, 6.45) is 14.3. The molecule has 0 atom stereocenters. The van der Waals surface area contributed by atoms with Gasteiger partial charge in [0, 0.05) is 13.1 Å². The van der Waals surface area contributed by atoms with E-state index in [1.54, 1.807) is 0 Å². The van der Waals surface area contributed by atoms with Crippen LogP contribution < -0.4 is 5.32 Å². The summed E-state index contributed by atoms with van der Waals surface area (Å²) in [5.74, 6) is 1.00. The maximum Gasteiger partial charge on any atom is 0.00501 e. The monoisotopic (exact) mass is 294 g/mol. The Hall–Kier alpha value is -0.0800. The minimum absolute atomic E-state index is 0.574. The maximum atomic E-state index is 3.76. The van der Waals surface area contributed by atoms with E-state index in [2.05, 4.69) is 24.1 Å². The quantitative estimate of drug-likeness (QED) is 0.551. The summed E-state index contributed by atoms with van der Waals surface area (Å²) in [6.45, 7) is 11.2. The van der Waals surface area contributed by atoms with Gasteiger partial charge in [0.25, 0.3) is 0 Å². The number of rotatable bonds is 7. The van der Waals surface area contributed by atoms with Gasteiger partial charge in [-0.05, 0) is 63.1 Å². The first-order valence-electron chi connectivity index (χ1n) is 9.71. The van der Waals surface area contributed by atoms with E-state index >= 15 is 0 Å². The minimum Gasteiger partial charge on any atom is -0.316 e. The molecule has 0 radical (unpaired) electrons. The molecule has 2 rings (SSSR count). The van der Waals surface area contributed by atoms with E-state index in [1.807, 2.05) is 0 Å². The van der Waals surface area contributed by atoms with Gasteiger partial charge in [-0.3, -0.25) is 0 Å². The molecule has 2 heteroatoms. The van der Waals surface area contributed by atoms with E-state index < -0.39 is 0 Å². The van der Waals surface area contributed by atoms with E-state index in [1.165, 1.54) is 96.9 Å². The number of nitrogens with zero attached hydrogens (tertiary/aromatic N) is 1. The molecule has 1 N–H and O–H groups in total. The Morgan fingerprint density at radius 2 is 1.67 bits per heavy atom. The smallest absolute Gasteiger partial charge is 0.00501 e. The lowest BCUT2D eigenvalue weighted by atomic mass is 9.79. The summed E-state index contributed by atoms with van der Waals surface area (Å²) in [4.78, 5) is 2.80. The fourth-order valence-corrected chi connectivity index (χ4v) is 4.43. The zero-order valence-electron chi connectivity index (χ0n) is 14.6. The average molecular weight is 295 g/mol. The van der Waals surface area contributed by atoms with Crippen LogP contribution in [0.2, 0.25) is 0 Å². The fraction of sp³-hybridized carbons (Fsp3) is 1.00. The molecule has 0 unspecified atom stereocenters. The van der Waals surface area contributed by atoms with Gasteiger partial charge in [0.15, 0.2) is 0 Å². The van der Waals surface area contributed by atoms with Crippen molar-refractivity contribution < 1.29 is 0 Å². The molecule has 21 heavy (non-hydrogen) atoms. The van der Waals surface area contributed by atoms with E-state index in [4.69, 9.17) is 0 Å². The van der Waals surface area contributed by atoms with Crippen LogP contribution in [0.25, 0.3) is 0 Å². The van der Waals surface area contributed by atoms with Crippen molar-refractivity contribution in [2.24, 2.45) is 11.3 Å². The van der Waals surface area contributed by atoms with Crippen LogP contribution in [0.5, 0.6) is 0 Å². The van der Waals surface area contributed by atoms with Crippen molar-refractivity contribution in [2.75, 3.05) is 32.7 Å². The van der Waals surface area contributed by atoms with Gasteiger partial charge in [0.2, 0.25) is 0 Å². The van der Waals surface area contributed by atoms with Crippen molar-refractivity contribution in [2.45, 2.75) is 78.1 Å². The molecule has 0 aromatic rings. The van der Waals surface area contributed by atoms with Gasteiger partial charge in [-0.25, -0.2) is 0 Å². The van der Waals surface area contributed by atoms with E-state index in [-0.39, 0.29) is 0 Å². The van der Waals surface area contributed by atoms with Crippen molar-refractivity contribution in [3.05, 3.63) is 0 Å². The number of piperidine rings is 1. The predicted octanol–water partition coefficient (Wildman–Crippen LogP) is 4.45. The van der Waals surface area contributed by atoms with Crippen LogP contribution >= 0.6 is 0 Å². The highest BCUT2D eigenvalue weighted by Gasteiger charge is 2.33. The van der Waals surface area contributed by atoms with Crippen LogP contribution in [0.4, 0.5) is 0 Å². The fourth-order valence-electron chi connectivity index (χ4n) is 4.43. The topological polar surface area (TPSA) is 15.3 Å². The van der Waals surface area contributed by atoms with Gasteiger partial charge in [-0.2, -0.15) is 0 Å². The number of hydrogen-bond acceptors (Lipinski definition) is 2. The highest BCUT2D eigenvalue weighted by Crippen LogP contribution is 2.36. The molecule has 124 valence electrons. The van der Waals surface area contributed by atoms with Crippen LogP contribution in [0, 0.1) is 11.3 Å². The van der Waals surface area contributed by atoms with Crippen LogP contribution in [0.3, 0.4) is 0 Å². The van der Waals surface area contributed by atoms with Crippen molar-refractivity contribution in [1.82, 2.24) is 10.2 Å². The lowest BCUT2D eigenvalue weighted by Crippen LogP contribution is -2.46. The summed E-state index contributed by atoms with van der Waals surface area (Å²) < 4.78 is 0.